The van der Waals surface area contributed by atoms with Gasteiger partial charge in [-0.2, -0.15) is 0 Å². The summed E-state index contributed by atoms with van der Waals surface area (Å²) < 4.78 is 5.07. The van der Waals surface area contributed by atoms with Crippen molar-refractivity contribution >= 4 is 17.5 Å². The van der Waals surface area contributed by atoms with E-state index in [0.29, 0.717) is 29.7 Å². The zero-order chi connectivity index (χ0) is 15.4. The van der Waals surface area contributed by atoms with Crippen LogP contribution in [0.15, 0.2) is 36.4 Å². The number of ether oxygens (including phenoxy) is 1. The van der Waals surface area contributed by atoms with Crippen LogP contribution in [-0.2, 0) is 9.59 Å². The Labute approximate surface area is 123 Å². The first-order valence-corrected chi connectivity index (χ1v) is 7.01. The lowest BCUT2D eigenvalue weighted by molar-refractivity contribution is -0.130. The molecule has 2 rings (SSSR count). The molecule has 0 bridgehead atoms. The molecule has 0 aromatic heterocycles. The maximum atomic E-state index is 12.3. The molecule has 4 nitrogen and oxygen atoms in total. The highest BCUT2D eigenvalue weighted by Crippen LogP contribution is 2.25. The Morgan fingerprint density at radius 3 is 2.48 bits per heavy atom. The summed E-state index contributed by atoms with van der Waals surface area (Å²) >= 11 is 0. The van der Waals surface area contributed by atoms with Crippen LogP contribution in [0.2, 0.25) is 0 Å². The van der Waals surface area contributed by atoms with Gasteiger partial charge in [0.2, 0.25) is 0 Å². The molecule has 4 heteroatoms. The van der Waals surface area contributed by atoms with Gasteiger partial charge in [0, 0.05) is 29.9 Å². The largest absolute Gasteiger partial charge is 0.423 e. The van der Waals surface area contributed by atoms with Crippen molar-refractivity contribution in [3.05, 3.63) is 42.0 Å². The number of carbonyl (C=O) groups is 3. The normalized spacial score (nSPS) is 18.1. The molecular formula is C17H18O4. The number of ketones is 2. The van der Waals surface area contributed by atoms with E-state index < -0.39 is 5.97 Å². The van der Waals surface area contributed by atoms with Gasteiger partial charge in [-0.25, -0.2) is 4.79 Å². The summed E-state index contributed by atoms with van der Waals surface area (Å²) in [5, 5.41) is 0. The average Bonchev–Trinajstić information content (AvgIpc) is 2.47. The Hall–Kier alpha value is -2.23. The number of carbonyl (C=O) groups excluding carboxylic acids is 3. The zero-order valence-corrected chi connectivity index (χ0v) is 12.1. The molecule has 1 unspecified atom stereocenters. The standard InChI is InChI=1S/C17H18O4/c1-11(2)17(20)21-15-8-6-12(7-9-15)16(19)13-4-3-5-14(18)10-13/h6-9,13H,1,3-5,10H2,2H3. The molecule has 0 radical (unpaired) electrons. The van der Waals surface area contributed by atoms with Gasteiger partial charge in [0.1, 0.15) is 11.5 Å². The fraction of sp³-hybridized carbons (Fsp3) is 0.353. The minimum absolute atomic E-state index is 0.0131. The van der Waals surface area contributed by atoms with E-state index in [-0.39, 0.29) is 17.5 Å². The molecule has 0 spiro atoms. The summed E-state index contributed by atoms with van der Waals surface area (Å²) in [5.41, 5.74) is 0.862. The Kier molecular flexibility index (Phi) is 4.68. The second kappa shape index (κ2) is 6.48. The van der Waals surface area contributed by atoms with E-state index in [1.807, 2.05) is 0 Å². The van der Waals surface area contributed by atoms with Gasteiger partial charge in [-0.1, -0.05) is 6.58 Å². The SMILES string of the molecule is C=C(C)C(=O)Oc1ccc(C(=O)C2CCCC(=O)C2)cc1. The van der Waals surface area contributed by atoms with Gasteiger partial charge in [-0.15, -0.1) is 0 Å². The van der Waals surface area contributed by atoms with Crippen LogP contribution in [0.4, 0.5) is 0 Å². The number of hydrogen-bond donors (Lipinski definition) is 0. The van der Waals surface area contributed by atoms with Crippen molar-refractivity contribution in [3.63, 3.8) is 0 Å². The van der Waals surface area contributed by atoms with Crippen molar-refractivity contribution in [1.29, 1.82) is 0 Å². The molecule has 1 atom stereocenters. The molecule has 0 N–H and O–H groups in total. The van der Waals surface area contributed by atoms with Crippen LogP contribution in [0.1, 0.15) is 43.0 Å². The van der Waals surface area contributed by atoms with Gasteiger partial charge in [0.15, 0.2) is 5.78 Å². The second-order valence-electron chi connectivity index (χ2n) is 5.39. The molecule has 0 saturated heterocycles. The third-order valence-corrected chi connectivity index (χ3v) is 3.55. The lowest BCUT2D eigenvalue weighted by Crippen LogP contribution is -2.22. The summed E-state index contributed by atoms with van der Waals surface area (Å²) in [6.45, 7) is 5.07. The minimum Gasteiger partial charge on any atom is -0.423 e. The maximum Gasteiger partial charge on any atom is 0.338 e. The van der Waals surface area contributed by atoms with E-state index in [2.05, 4.69) is 6.58 Å². The van der Waals surface area contributed by atoms with Crippen molar-refractivity contribution in [2.45, 2.75) is 32.6 Å². The number of rotatable bonds is 4. The quantitative estimate of drug-likeness (QED) is 0.369. The van der Waals surface area contributed by atoms with E-state index in [1.54, 1.807) is 31.2 Å². The first kappa shape index (κ1) is 15.2. The third kappa shape index (κ3) is 3.88. The predicted octanol–water partition coefficient (Wildman–Crippen LogP) is 3.11. The van der Waals surface area contributed by atoms with Crippen molar-refractivity contribution in [2.75, 3.05) is 0 Å². The number of Topliss-reactive ketones (excluding diaryl/α,β-unsaturated/α-hetero) is 2. The van der Waals surface area contributed by atoms with Gasteiger partial charge in [0.05, 0.1) is 0 Å². The molecular weight excluding hydrogens is 268 g/mol. The Morgan fingerprint density at radius 1 is 1.24 bits per heavy atom. The third-order valence-electron chi connectivity index (χ3n) is 3.55. The monoisotopic (exact) mass is 286 g/mol. The van der Waals surface area contributed by atoms with Gasteiger partial charge in [-0.3, -0.25) is 9.59 Å². The zero-order valence-electron chi connectivity index (χ0n) is 12.1. The molecule has 110 valence electrons. The summed E-state index contributed by atoms with van der Waals surface area (Å²) in [4.78, 5) is 35.1. The average molecular weight is 286 g/mol. The number of esters is 1. The molecule has 1 fully saturated rings. The van der Waals surface area contributed by atoms with E-state index in [0.717, 1.165) is 12.8 Å². The van der Waals surface area contributed by atoms with Crippen molar-refractivity contribution in [2.24, 2.45) is 5.92 Å². The Bertz CT molecular complexity index is 583. The summed E-state index contributed by atoms with van der Waals surface area (Å²) in [5.74, 6) is -0.186. The predicted molar refractivity (Wildman–Crippen MR) is 78.2 cm³/mol. The highest BCUT2D eigenvalue weighted by Gasteiger charge is 2.26. The van der Waals surface area contributed by atoms with Gasteiger partial charge >= 0.3 is 5.97 Å². The summed E-state index contributed by atoms with van der Waals surface area (Å²) in [6.07, 6.45) is 2.46. The van der Waals surface area contributed by atoms with Crippen LogP contribution < -0.4 is 4.74 Å². The molecule has 1 saturated carbocycles. The van der Waals surface area contributed by atoms with Crippen LogP contribution in [0.5, 0.6) is 5.75 Å². The molecule has 1 aromatic rings. The minimum atomic E-state index is -0.494. The first-order chi connectivity index (χ1) is 9.97. The van der Waals surface area contributed by atoms with E-state index in [1.165, 1.54) is 0 Å². The lowest BCUT2D eigenvalue weighted by Gasteiger charge is -2.19. The maximum absolute atomic E-state index is 12.3. The van der Waals surface area contributed by atoms with Crippen LogP contribution in [0.25, 0.3) is 0 Å². The van der Waals surface area contributed by atoms with Gasteiger partial charge in [-0.05, 0) is 44.0 Å². The van der Waals surface area contributed by atoms with Gasteiger partial charge < -0.3 is 4.74 Å². The lowest BCUT2D eigenvalue weighted by atomic mass is 9.83. The fourth-order valence-electron chi connectivity index (χ4n) is 2.37. The van der Waals surface area contributed by atoms with E-state index in [9.17, 15) is 14.4 Å². The summed E-state index contributed by atoms with van der Waals surface area (Å²) in [7, 11) is 0. The molecule has 1 aliphatic rings. The fourth-order valence-corrected chi connectivity index (χ4v) is 2.37. The highest BCUT2D eigenvalue weighted by molar-refractivity contribution is 6.00. The second-order valence-corrected chi connectivity index (χ2v) is 5.39. The molecule has 1 aliphatic carbocycles. The Balaban J connectivity index is 2.04. The number of hydrogen-bond acceptors (Lipinski definition) is 4. The van der Waals surface area contributed by atoms with Gasteiger partial charge in [0.25, 0.3) is 0 Å². The van der Waals surface area contributed by atoms with Crippen LogP contribution in [0.3, 0.4) is 0 Å². The van der Waals surface area contributed by atoms with Crippen LogP contribution in [0, 0.1) is 5.92 Å². The van der Waals surface area contributed by atoms with Crippen LogP contribution >= 0.6 is 0 Å². The molecule has 0 amide bonds. The van der Waals surface area contributed by atoms with Crippen LogP contribution in [-0.4, -0.2) is 17.5 Å². The molecule has 21 heavy (non-hydrogen) atoms. The van der Waals surface area contributed by atoms with E-state index >= 15 is 0 Å². The van der Waals surface area contributed by atoms with Crippen molar-refractivity contribution in [1.82, 2.24) is 0 Å². The van der Waals surface area contributed by atoms with Crippen molar-refractivity contribution < 1.29 is 19.1 Å². The molecule has 0 aliphatic heterocycles. The van der Waals surface area contributed by atoms with E-state index in [4.69, 9.17) is 4.74 Å². The van der Waals surface area contributed by atoms with Crippen molar-refractivity contribution in [3.8, 4) is 5.75 Å². The summed E-state index contributed by atoms with van der Waals surface area (Å²) in [6, 6.07) is 6.42. The highest BCUT2D eigenvalue weighted by atomic mass is 16.5. The molecule has 1 aromatic carbocycles. The Morgan fingerprint density at radius 2 is 1.90 bits per heavy atom. The first-order valence-electron chi connectivity index (χ1n) is 7.01. The smallest absolute Gasteiger partial charge is 0.338 e. The number of benzene rings is 1. The molecule has 0 heterocycles. The topological polar surface area (TPSA) is 60.4 Å².